The zero-order chi connectivity index (χ0) is 19.0. The van der Waals surface area contributed by atoms with Crippen LogP contribution in [0.2, 0.25) is 0 Å². The molecule has 0 bridgehead atoms. The van der Waals surface area contributed by atoms with Gasteiger partial charge in [-0.15, -0.1) is 0 Å². The first-order valence-corrected chi connectivity index (χ1v) is 9.71. The number of aromatic nitrogens is 2. The van der Waals surface area contributed by atoms with Gasteiger partial charge in [-0.05, 0) is 69.4 Å². The van der Waals surface area contributed by atoms with Crippen molar-refractivity contribution in [3.05, 3.63) is 83.9 Å². The molecule has 0 radical (unpaired) electrons. The van der Waals surface area contributed by atoms with Gasteiger partial charge in [-0.3, -0.25) is 4.98 Å². The summed E-state index contributed by atoms with van der Waals surface area (Å²) in [7, 11) is 0. The SMILES string of the molecule is Cc1ccc(-n2cccc2[C@H]2[C@H](c3ccccn3)NC(=S)N2C(C)C)cc1. The minimum absolute atomic E-state index is 0.0141. The molecule has 3 heterocycles. The Balaban J connectivity index is 1.82. The molecule has 4 rings (SSSR count). The Kier molecular flexibility index (Phi) is 4.70. The first kappa shape index (κ1) is 17.7. The van der Waals surface area contributed by atoms with Gasteiger partial charge in [0.1, 0.15) is 0 Å². The van der Waals surface area contributed by atoms with Crippen LogP contribution in [-0.4, -0.2) is 25.6 Å². The van der Waals surface area contributed by atoms with Crippen molar-refractivity contribution >= 4 is 17.3 Å². The molecular weight excluding hydrogens is 352 g/mol. The molecule has 1 aliphatic rings. The lowest BCUT2D eigenvalue weighted by Crippen LogP contribution is -2.36. The van der Waals surface area contributed by atoms with Crippen molar-refractivity contribution in [2.75, 3.05) is 0 Å². The second kappa shape index (κ2) is 7.16. The highest BCUT2D eigenvalue weighted by atomic mass is 32.1. The Morgan fingerprint density at radius 1 is 1.04 bits per heavy atom. The summed E-state index contributed by atoms with van der Waals surface area (Å²) in [5, 5.41) is 4.29. The molecule has 2 aromatic heterocycles. The van der Waals surface area contributed by atoms with E-state index < -0.39 is 0 Å². The van der Waals surface area contributed by atoms with E-state index in [1.165, 1.54) is 11.3 Å². The van der Waals surface area contributed by atoms with Gasteiger partial charge in [0.25, 0.3) is 0 Å². The van der Waals surface area contributed by atoms with E-state index >= 15 is 0 Å². The molecule has 3 aromatic rings. The van der Waals surface area contributed by atoms with Crippen LogP contribution in [0.5, 0.6) is 0 Å². The van der Waals surface area contributed by atoms with Gasteiger partial charge in [-0.25, -0.2) is 0 Å². The minimum atomic E-state index is 0.0141. The lowest BCUT2D eigenvalue weighted by Gasteiger charge is -2.31. The van der Waals surface area contributed by atoms with Gasteiger partial charge in [0.15, 0.2) is 5.11 Å². The number of benzene rings is 1. The van der Waals surface area contributed by atoms with Crippen LogP contribution in [0.15, 0.2) is 67.0 Å². The van der Waals surface area contributed by atoms with Gasteiger partial charge in [-0.2, -0.15) is 0 Å². The molecule has 1 fully saturated rings. The number of pyridine rings is 1. The molecule has 1 saturated heterocycles. The summed E-state index contributed by atoms with van der Waals surface area (Å²) in [6.45, 7) is 6.47. The van der Waals surface area contributed by atoms with Gasteiger partial charge in [0, 0.05) is 29.8 Å². The van der Waals surface area contributed by atoms with E-state index in [0.29, 0.717) is 0 Å². The van der Waals surface area contributed by atoms with Crippen LogP contribution in [-0.2, 0) is 0 Å². The summed E-state index contributed by atoms with van der Waals surface area (Å²) in [6.07, 6.45) is 3.96. The molecule has 1 N–H and O–H groups in total. The molecule has 0 saturated carbocycles. The van der Waals surface area contributed by atoms with Gasteiger partial charge in [0.2, 0.25) is 0 Å². The number of rotatable bonds is 4. The second-order valence-corrected chi connectivity index (χ2v) is 7.65. The van der Waals surface area contributed by atoms with Crippen molar-refractivity contribution in [2.24, 2.45) is 0 Å². The third kappa shape index (κ3) is 3.23. The van der Waals surface area contributed by atoms with Crippen LogP contribution in [0.4, 0.5) is 0 Å². The topological polar surface area (TPSA) is 33.1 Å². The molecule has 138 valence electrons. The maximum atomic E-state index is 5.70. The van der Waals surface area contributed by atoms with Crippen molar-refractivity contribution in [1.82, 2.24) is 19.8 Å². The number of hydrogen-bond acceptors (Lipinski definition) is 2. The molecule has 1 aliphatic heterocycles. The molecule has 0 aliphatic carbocycles. The molecule has 1 aromatic carbocycles. The Hall–Kier alpha value is -2.66. The van der Waals surface area contributed by atoms with Crippen LogP contribution >= 0.6 is 12.2 Å². The van der Waals surface area contributed by atoms with E-state index in [2.05, 4.69) is 89.2 Å². The highest BCUT2D eigenvalue weighted by Gasteiger charge is 2.42. The fraction of sp³-hybridized carbons (Fsp3) is 0.273. The Bertz CT molecular complexity index is 930. The summed E-state index contributed by atoms with van der Waals surface area (Å²) in [4.78, 5) is 6.89. The number of hydrogen-bond donors (Lipinski definition) is 1. The van der Waals surface area contributed by atoms with E-state index in [9.17, 15) is 0 Å². The van der Waals surface area contributed by atoms with Gasteiger partial charge < -0.3 is 14.8 Å². The second-order valence-electron chi connectivity index (χ2n) is 7.27. The predicted octanol–water partition coefficient (Wildman–Crippen LogP) is 4.56. The lowest BCUT2D eigenvalue weighted by atomic mass is 10.0. The molecular formula is C22H24N4S. The Morgan fingerprint density at radius 3 is 2.48 bits per heavy atom. The van der Waals surface area contributed by atoms with Crippen molar-refractivity contribution in [2.45, 2.75) is 38.9 Å². The normalized spacial score (nSPS) is 19.6. The average Bonchev–Trinajstić information content (AvgIpc) is 3.27. The molecule has 2 atom stereocenters. The Labute approximate surface area is 165 Å². The van der Waals surface area contributed by atoms with Gasteiger partial charge in [0.05, 0.1) is 17.8 Å². The van der Waals surface area contributed by atoms with E-state index in [1.54, 1.807) is 0 Å². The zero-order valence-corrected chi connectivity index (χ0v) is 16.6. The number of thiocarbonyl (C=S) groups is 1. The molecule has 4 nitrogen and oxygen atoms in total. The van der Waals surface area contributed by atoms with Gasteiger partial charge in [-0.1, -0.05) is 23.8 Å². The summed E-state index contributed by atoms with van der Waals surface area (Å²) in [6, 6.07) is 19.3. The zero-order valence-electron chi connectivity index (χ0n) is 15.8. The first-order valence-electron chi connectivity index (χ1n) is 9.30. The molecule has 27 heavy (non-hydrogen) atoms. The quantitative estimate of drug-likeness (QED) is 0.677. The fourth-order valence-electron chi connectivity index (χ4n) is 3.81. The third-order valence-electron chi connectivity index (χ3n) is 5.09. The standard InChI is InChI=1S/C22H24N4S/c1-15(2)26-21(20(24-22(26)27)18-7-4-5-13-23-18)19-8-6-14-25(19)17-11-9-16(3)10-12-17/h4-15,20-21H,1-3H3,(H,24,27)/t20-,21-/m0/s1. The fourth-order valence-corrected chi connectivity index (χ4v) is 4.27. The van der Waals surface area contributed by atoms with Crippen molar-refractivity contribution in [3.8, 4) is 5.69 Å². The molecule has 5 heteroatoms. The maximum Gasteiger partial charge on any atom is 0.170 e. The van der Waals surface area contributed by atoms with Crippen LogP contribution in [0.3, 0.4) is 0 Å². The number of nitrogens with one attached hydrogen (secondary N) is 1. The highest BCUT2D eigenvalue weighted by Crippen LogP contribution is 2.40. The van der Waals surface area contributed by atoms with E-state index in [0.717, 1.165) is 16.5 Å². The Morgan fingerprint density at radius 2 is 1.81 bits per heavy atom. The van der Waals surface area contributed by atoms with Crippen LogP contribution in [0.25, 0.3) is 5.69 Å². The molecule has 0 spiro atoms. The third-order valence-corrected chi connectivity index (χ3v) is 5.42. The predicted molar refractivity (Wildman–Crippen MR) is 113 cm³/mol. The summed E-state index contributed by atoms with van der Waals surface area (Å²) >= 11 is 5.70. The first-order chi connectivity index (χ1) is 13.1. The van der Waals surface area contributed by atoms with E-state index in [-0.39, 0.29) is 18.1 Å². The number of nitrogens with zero attached hydrogens (tertiary/aromatic N) is 3. The number of aryl methyl sites for hydroxylation is 1. The molecule has 0 amide bonds. The van der Waals surface area contributed by atoms with E-state index in [4.69, 9.17) is 12.2 Å². The van der Waals surface area contributed by atoms with Crippen molar-refractivity contribution in [3.63, 3.8) is 0 Å². The van der Waals surface area contributed by atoms with Crippen LogP contribution < -0.4 is 5.32 Å². The largest absolute Gasteiger partial charge is 0.352 e. The van der Waals surface area contributed by atoms with Crippen molar-refractivity contribution in [1.29, 1.82) is 0 Å². The summed E-state index contributed by atoms with van der Waals surface area (Å²) in [5.74, 6) is 0. The van der Waals surface area contributed by atoms with Crippen molar-refractivity contribution < 1.29 is 0 Å². The van der Waals surface area contributed by atoms with Crippen LogP contribution in [0.1, 0.15) is 42.9 Å². The summed E-state index contributed by atoms with van der Waals surface area (Å²) < 4.78 is 2.26. The summed E-state index contributed by atoms with van der Waals surface area (Å²) in [5.41, 5.74) is 4.62. The lowest BCUT2D eigenvalue weighted by molar-refractivity contribution is 0.262. The monoisotopic (exact) mass is 376 g/mol. The minimum Gasteiger partial charge on any atom is -0.352 e. The molecule has 0 unspecified atom stereocenters. The average molecular weight is 377 g/mol. The maximum absolute atomic E-state index is 5.70. The van der Waals surface area contributed by atoms with Gasteiger partial charge >= 0.3 is 0 Å². The smallest absolute Gasteiger partial charge is 0.170 e. The highest BCUT2D eigenvalue weighted by molar-refractivity contribution is 7.80. The van der Waals surface area contributed by atoms with E-state index in [1.807, 2.05) is 18.3 Å². The van der Waals surface area contributed by atoms with Crippen LogP contribution in [0, 0.1) is 6.92 Å².